The van der Waals surface area contributed by atoms with Gasteiger partial charge in [-0.2, -0.15) is 0 Å². The first-order valence-electron chi connectivity index (χ1n) is 8.46. The van der Waals surface area contributed by atoms with E-state index in [9.17, 15) is 13.2 Å². The molecule has 1 heterocycles. The molecule has 3 rings (SSSR count). The number of hydrogen-bond donors (Lipinski definition) is 2. The van der Waals surface area contributed by atoms with Gasteiger partial charge in [0.25, 0.3) is 15.9 Å². The van der Waals surface area contributed by atoms with Crippen LogP contribution in [0.2, 0.25) is 0 Å². The minimum Gasteiger partial charge on any atom is -0.384 e. The molecule has 144 valence electrons. The number of rotatable bonds is 6. The molecule has 0 fully saturated rings. The molecule has 0 unspecified atom stereocenters. The van der Waals surface area contributed by atoms with Gasteiger partial charge in [0, 0.05) is 14.8 Å². The summed E-state index contributed by atoms with van der Waals surface area (Å²) in [7, 11) is -3.91. The van der Waals surface area contributed by atoms with Crippen LogP contribution in [0.15, 0.2) is 71.6 Å². The summed E-state index contributed by atoms with van der Waals surface area (Å²) in [5.74, 6) is -0.179. The fraction of sp³-hybridized carbons (Fsp3) is 0.100. The lowest BCUT2D eigenvalue weighted by Crippen LogP contribution is -2.30. The minimum absolute atomic E-state index is 0.0486. The maximum absolute atomic E-state index is 12.3. The summed E-state index contributed by atoms with van der Waals surface area (Å²) in [6.07, 6.45) is 1.46. The Labute approximate surface area is 177 Å². The molecule has 0 saturated carbocycles. The van der Waals surface area contributed by atoms with E-state index in [-0.39, 0.29) is 10.5 Å². The Balaban J connectivity index is 1.64. The van der Waals surface area contributed by atoms with Gasteiger partial charge in [0.2, 0.25) is 0 Å². The van der Waals surface area contributed by atoms with Gasteiger partial charge >= 0.3 is 0 Å². The molecular weight excluding hydrogens is 489 g/mol. The van der Waals surface area contributed by atoms with Crippen LogP contribution in [0.3, 0.4) is 0 Å². The van der Waals surface area contributed by atoms with Crippen molar-refractivity contribution in [2.45, 2.75) is 17.7 Å². The summed E-state index contributed by atoms with van der Waals surface area (Å²) in [5.41, 5.74) is 7.86. The summed E-state index contributed by atoms with van der Waals surface area (Å²) in [6, 6.07) is 18.6. The normalized spacial score (nSPS) is 11.2. The lowest BCUT2D eigenvalue weighted by Gasteiger charge is -2.08. The number of sulfonamides is 1. The Bertz CT molecular complexity index is 1080. The first-order valence-corrected chi connectivity index (χ1v) is 11.0. The molecule has 2 aromatic carbocycles. The molecule has 6 nitrogen and oxygen atoms in total. The topological polar surface area (TPSA) is 102 Å². The molecule has 0 aliphatic rings. The molecule has 0 radical (unpaired) electrons. The number of nitrogens with two attached hydrogens (primary N) is 1. The average molecular weight is 507 g/mol. The van der Waals surface area contributed by atoms with Gasteiger partial charge in [0.05, 0.1) is 4.90 Å². The van der Waals surface area contributed by atoms with Gasteiger partial charge < -0.3 is 5.73 Å². The molecule has 0 bridgehead atoms. The third-order valence-corrected chi connectivity index (χ3v) is 6.13. The molecular formula is C20H18IN3O3S. The number of aromatic nitrogens is 1. The highest BCUT2D eigenvalue weighted by molar-refractivity contribution is 14.1. The van der Waals surface area contributed by atoms with Crippen molar-refractivity contribution in [1.82, 2.24) is 9.71 Å². The molecule has 0 spiro atoms. The van der Waals surface area contributed by atoms with Crippen molar-refractivity contribution in [3.63, 3.8) is 0 Å². The Kier molecular flexibility index (Phi) is 6.30. The zero-order chi connectivity index (χ0) is 20.1. The van der Waals surface area contributed by atoms with Gasteiger partial charge in [0.1, 0.15) is 5.82 Å². The smallest absolute Gasteiger partial charge is 0.264 e. The molecule has 1 aromatic heterocycles. The van der Waals surface area contributed by atoms with Crippen LogP contribution >= 0.6 is 22.6 Å². The zero-order valence-corrected chi connectivity index (χ0v) is 17.8. The highest BCUT2D eigenvalue weighted by Crippen LogP contribution is 2.14. The Morgan fingerprint density at radius 1 is 0.964 bits per heavy atom. The van der Waals surface area contributed by atoms with Crippen molar-refractivity contribution in [3.8, 4) is 0 Å². The van der Waals surface area contributed by atoms with Crippen LogP contribution in [-0.4, -0.2) is 19.3 Å². The number of amides is 1. The maximum atomic E-state index is 12.3. The molecule has 0 aliphatic heterocycles. The van der Waals surface area contributed by atoms with Crippen LogP contribution < -0.4 is 10.5 Å². The van der Waals surface area contributed by atoms with Crippen LogP contribution in [0, 0.1) is 3.57 Å². The number of carbonyl (C=O) groups excluding carboxylic acids is 1. The predicted octanol–water partition coefficient (Wildman–Crippen LogP) is 3.17. The highest BCUT2D eigenvalue weighted by Gasteiger charge is 2.18. The van der Waals surface area contributed by atoms with Crippen LogP contribution in [0.5, 0.6) is 0 Å². The molecule has 0 saturated heterocycles. The fourth-order valence-corrected chi connectivity index (χ4v) is 3.92. The van der Waals surface area contributed by atoms with Crippen molar-refractivity contribution in [1.29, 1.82) is 0 Å². The summed E-state index contributed by atoms with van der Waals surface area (Å²) in [5, 5.41) is 0. The van der Waals surface area contributed by atoms with Crippen molar-refractivity contribution in [2.75, 3.05) is 5.73 Å². The summed E-state index contributed by atoms with van der Waals surface area (Å²) < 4.78 is 27.7. The second-order valence-electron chi connectivity index (χ2n) is 6.14. The monoisotopic (exact) mass is 507 g/mol. The molecule has 28 heavy (non-hydrogen) atoms. The van der Waals surface area contributed by atoms with Crippen LogP contribution in [-0.2, 0) is 22.9 Å². The standard InChI is InChI=1S/C20H18IN3O3S/c21-16-9-12-18(13-10-16)28(26,27)24-20(25)15-7-4-14(5-8-15)6-11-17-2-1-3-19(22)23-17/h1-5,7-10,12-13H,6,11H2,(H2,22,23)(H,24,25). The second-order valence-corrected chi connectivity index (χ2v) is 9.07. The maximum Gasteiger partial charge on any atom is 0.264 e. The number of anilines is 1. The number of benzene rings is 2. The van der Waals surface area contributed by atoms with Gasteiger partial charge in [-0.3, -0.25) is 4.79 Å². The first kappa shape index (κ1) is 20.3. The molecule has 0 atom stereocenters. The van der Waals surface area contributed by atoms with E-state index in [0.29, 0.717) is 5.82 Å². The van der Waals surface area contributed by atoms with E-state index in [1.54, 1.807) is 42.5 Å². The molecule has 1 amide bonds. The number of hydrogen-bond acceptors (Lipinski definition) is 5. The van der Waals surface area contributed by atoms with E-state index in [2.05, 4.69) is 32.3 Å². The highest BCUT2D eigenvalue weighted by atomic mass is 127. The lowest BCUT2D eigenvalue weighted by molar-refractivity contribution is 0.0981. The third-order valence-electron chi connectivity index (χ3n) is 4.07. The molecule has 0 aliphatic carbocycles. The van der Waals surface area contributed by atoms with Crippen molar-refractivity contribution in [3.05, 3.63) is 87.1 Å². The van der Waals surface area contributed by atoms with Gasteiger partial charge in [-0.15, -0.1) is 0 Å². The van der Waals surface area contributed by atoms with Crippen molar-refractivity contribution >= 4 is 44.3 Å². The Hall–Kier alpha value is -2.46. The number of nitrogens with zero attached hydrogens (tertiary/aromatic N) is 1. The SMILES string of the molecule is Nc1cccc(CCc2ccc(C(=O)NS(=O)(=O)c3ccc(I)cc3)cc2)n1. The minimum atomic E-state index is -3.91. The largest absolute Gasteiger partial charge is 0.384 e. The van der Waals surface area contributed by atoms with E-state index in [4.69, 9.17) is 5.73 Å². The number of pyridine rings is 1. The number of nitrogen functional groups attached to an aromatic ring is 1. The average Bonchev–Trinajstić information content (AvgIpc) is 2.67. The quantitative estimate of drug-likeness (QED) is 0.500. The first-order chi connectivity index (χ1) is 13.3. The lowest BCUT2D eigenvalue weighted by atomic mass is 10.1. The second kappa shape index (κ2) is 8.70. The number of aryl methyl sites for hydroxylation is 2. The van der Waals surface area contributed by atoms with E-state index in [0.717, 1.165) is 27.7 Å². The Morgan fingerprint density at radius 2 is 1.64 bits per heavy atom. The van der Waals surface area contributed by atoms with E-state index >= 15 is 0 Å². The molecule has 3 N–H and O–H groups in total. The van der Waals surface area contributed by atoms with Crippen molar-refractivity contribution in [2.24, 2.45) is 0 Å². The van der Waals surface area contributed by atoms with Gasteiger partial charge in [0.15, 0.2) is 0 Å². The third kappa shape index (κ3) is 5.29. The van der Waals surface area contributed by atoms with E-state index in [1.807, 2.05) is 12.1 Å². The van der Waals surface area contributed by atoms with Gasteiger partial charge in [-0.25, -0.2) is 18.1 Å². The van der Waals surface area contributed by atoms with Crippen LogP contribution in [0.25, 0.3) is 0 Å². The van der Waals surface area contributed by atoms with Gasteiger partial charge in [-0.1, -0.05) is 18.2 Å². The Morgan fingerprint density at radius 3 is 2.29 bits per heavy atom. The van der Waals surface area contributed by atoms with Crippen LogP contribution in [0.1, 0.15) is 21.6 Å². The number of halogens is 1. The van der Waals surface area contributed by atoms with E-state index in [1.165, 1.54) is 12.1 Å². The molecule has 3 aromatic rings. The van der Waals surface area contributed by atoms with E-state index < -0.39 is 15.9 Å². The number of carbonyl (C=O) groups is 1. The summed E-state index contributed by atoms with van der Waals surface area (Å²) in [6.45, 7) is 0. The fourth-order valence-electron chi connectivity index (χ4n) is 2.59. The number of nitrogens with one attached hydrogen (secondary N) is 1. The van der Waals surface area contributed by atoms with Crippen LogP contribution in [0.4, 0.5) is 5.82 Å². The predicted molar refractivity (Wildman–Crippen MR) is 116 cm³/mol. The summed E-state index contributed by atoms with van der Waals surface area (Å²) >= 11 is 2.08. The molecule has 8 heteroatoms. The zero-order valence-electron chi connectivity index (χ0n) is 14.8. The van der Waals surface area contributed by atoms with Crippen molar-refractivity contribution < 1.29 is 13.2 Å². The summed E-state index contributed by atoms with van der Waals surface area (Å²) in [4.78, 5) is 16.6. The van der Waals surface area contributed by atoms with Gasteiger partial charge in [-0.05, 0) is 89.5 Å².